The van der Waals surface area contributed by atoms with Gasteiger partial charge >= 0.3 is 0 Å². The van der Waals surface area contributed by atoms with Crippen LogP contribution in [0.3, 0.4) is 0 Å². The van der Waals surface area contributed by atoms with Crippen molar-refractivity contribution < 1.29 is 9.47 Å². The molecule has 0 radical (unpaired) electrons. The second-order valence-electron chi connectivity index (χ2n) is 5.38. The zero-order valence-electron chi connectivity index (χ0n) is 10.6. The Kier molecular flexibility index (Phi) is 4.22. The van der Waals surface area contributed by atoms with Gasteiger partial charge in [0.2, 0.25) is 0 Å². The molecule has 0 aromatic rings. The number of rotatable bonds is 4. The van der Waals surface area contributed by atoms with Crippen LogP contribution in [0.2, 0.25) is 0 Å². The maximum Gasteiger partial charge on any atom is 0.0697 e. The maximum atomic E-state index is 6.02. The summed E-state index contributed by atoms with van der Waals surface area (Å²) in [4.78, 5) is 0. The Hall–Kier alpha value is -0.120. The molecular weight excluding hydrogens is 202 g/mol. The second-order valence-corrected chi connectivity index (χ2v) is 5.38. The van der Waals surface area contributed by atoms with E-state index in [2.05, 4.69) is 12.2 Å². The van der Waals surface area contributed by atoms with E-state index in [0.717, 1.165) is 19.6 Å². The van der Waals surface area contributed by atoms with Crippen molar-refractivity contribution in [2.45, 2.75) is 63.2 Å². The Labute approximate surface area is 98.9 Å². The lowest BCUT2D eigenvalue weighted by Gasteiger charge is -2.39. The van der Waals surface area contributed by atoms with Gasteiger partial charge in [0.1, 0.15) is 0 Å². The van der Waals surface area contributed by atoms with Crippen LogP contribution in [0, 0.1) is 0 Å². The average Bonchev–Trinajstić information content (AvgIpc) is 2.74. The predicted molar refractivity (Wildman–Crippen MR) is 64.6 cm³/mol. The number of methoxy groups -OCH3 is 1. The van der Waals surface area contributed by atoms with Crippen LogP contribution in [0.1, 0.15) is 45.4 Å². The highest BCUT2D eigenvalue weighted by atomic mass is 16.5. The van der Waals surface area contributed by atoms with Crippen molar-refractivity contribution in [1.29, 1.82) is 0 Å². The Balaban J connectivity index is 1.78. The van der Waals surface area contributed by atoms with Gasteiger partial charge in [-0.2, -0.15) is 0 Å². The van der Waals surface area contributed by atoms with Crippen molar-refractivity contribution in [3.63, 3.8) is 0 Å². The molecule has 2 rings (SSSR count). The van der Waals surface area contributed by atoms with Crippen LogP contribution in [0.5, 0.6) is 0 Å². The minimum Gasteiger partial charge on any atom is -0.380 e. The summed E-state index contributed by atoms with van der Waals surface area (Å²) in [5.41, 5.74) is 0.228. The highest BCUT2D eigenvalue weighted by Gasteiger charge is 2.39. The Morgan fingerprint density at radius 1 is 1.44 bits per heavy atom. The molecule has 3 nitrogen and oxygen atoms in total. The molecule has 2 atom stereocenters. The van der Waals surface area contributed by atoms with E-state index in [0.29, 0.717) is 12.1 Å². The third kappa shape index (κ3) is 2.96. The van der Waals surface area contributed by atoms with E-state index in [1.54, 1.807) is 7.11 Å². The zero-order chi connectivity index (χ0) is 11.4. The molecule has 1 saturated carbocycles. The average molecular weight is 227 g/mol. The first kappa shape index (κ1) is 12.3. The third-order valence-electron chi connectivity index (χ3n) is 4.10. The first-order valence-corrected chi connectivity index (χ1v) is 6.64. The molecule has 3 heteroatoms. The number of hydrogen-bond donors (Lipinski definition) is 1. The van der Waals surface area contributed by atoms with Crippen LogP contribution in [-0.2, 0) is 9.47 Å². The van der Waals surface area contributed by atoms with E-state index in [1.165, 1.54) is 32.1 Å². The Morgan fingerprint density at radius 2 is 2.19 bits per heavy atom. The van der Waals surface area contributed by atoms with Crippen LogP contribution in [0.15, 0.2) is 0 Å². The van der Waals surface area contributed by atoms with Gasteiger partial charge in [-0.3, -0.25) is 0 Å². The van der Waals surface area contributed by atoms with Crippen LogP contribution < -0.4 is 5.32 Å². The van der Waals surface area contributed by atoms with Gasteiger partial charge in [-0.05, 0) is 32.6 Å². The molecule has 16 heavy (non-hydrogen) atoms. The fourth-order valence-corrected chi connectivity index (χ4v) is 2.99. The molecule has 94 valence electrons. The van der Waals surface area contributed by atoms with Gasteiger partial charge in [-0.15, -0.1) is 0 Å². The third-order valence-corrected chi connectivity index (χ3v) is 4.10. The van der Waals surface area contributed by atoms with E-state index in [-0.39, 0.29) is 5.60 Å². The van der Waals surface area contributed by atoms with Crippen LogP contribution in [0.4, 0.5) is 0 Å². The molecule has 1 N–H and O–H groups in total. The van der Waals surface area contributed by atoms with Crippen molar-refractivity contribution in [3.8, 4) is 0 Å². The molecule has 1 spiro atoms. The van der Waals surface area contributed by atoms with Crippen molar-refractivity contribution in [3.05, 3.63) is 0 Å². The molecule has 1 saturated heterocycles. The smallest absolute Gasteiger partial charge is 0.0697 e. The minimum absolute atomic E-state index is 0.228. The van der Waals surface area contributed by atoms with Crippen molar-refractivity contribution in [2.24, 2.45) is 0 Å². The monoisotopic (exact) mass is 227 g/mol. The zero-order valence-corrected chi connectivity index (χ0v) is 10.6. The van der Waals surface area contributed by atoms with Gasteiger partial charge in [0, 0.05) is 26.3 Å². The lowest BCUT2D eigenvalue weighted by atomic mass is 9.89. The first-order valence-electron chi connectivity index (χ1n) is 6.64. The molecule has 0 aromatic heterocycles. The van der Waals surface area contributed by atoms with Crippen LogP contribution in [-0.4, -0.2) is 38.0 Å². The summed E-state index contributed by atoms with van der Waals surface area (Å²) >= 11 is 0. The van der Waals surface area contributed by atoms with Gasteiger partial charge in [-0.25, -0.2) is 0 Å². The summed E-state index contributed by atoms with van der Waals surface area (Å²) in [6.07, 6.45) is 7.89. The largest absolute Gasteiger partial charge is 0.380 e. The summed E-state index contributed by atoms with van der Waals surface area (Å²) in [6, 6.07) is 0.629. The van der Waals surface area contributed by atoms with Crippen molar-refractivity contribution in [1.82, 2.24) is 5.32 Å². The standard InChI is InChI=1S/C13H25NO2/c1-11(15-2)10-14-12-5-8-16-13(9-12)6-3-4-7-13/h11-12,14H,3-10H2,1-2H3. The molecule has 0 bridgehead atoms. The summed E-state index contributed by atoms with van der Waals surface area (Å²) in [5.74, 6) is 0. The summed E-state index contributed by atoms with van der Waals surface area (Å²) < 4.78 is 11.3. The molecule has 2 fully saturated rings. The van der Waals surface area contributed by atoms with E-state index < -0.39 is 0 Å². The van der Waals surface area contributed by atoms with Gasteiger partial charge in [-0.1, -0.05) is 12.8 Å². The number of hydrogen-bond acceptors (Lipinski definition) is 3. The lowest BCUT2D eigenvalue weighted by Crippen LogP contribution is -2.47. The summed E-state index contributed by atoms with van der Waals surface area (Å²) in [7, 11) is 1.77. The SMILES string of the molecule is COC(C)CNC1CCOC2(CCCC2)C1. The van der Waals surface area contributed by atoms with Gasteiger partial charge in [0.05, 0.1) is 11.7 Å². The summed E-state index contributed by atoms with van der Waals surface area (Å²) in [6.45, 7) is 3.99. The van der Waals surface area contributed by atoms with E-state index >= 15 is 0 Å². The van der Waals surface area contributed by atoms with Crippen LogP contribution >= 0.6 is 0 Å². The lowest BCUT2D eigenvalue weighted by molar-refractivity contribution is -0.0845. The van der Waals surface area contributed by atoms with Gasteiger partial charge in [0.15, 0.2) is 0 Å². The van der Waals surface area contributed by atoms with Crippen molar-refractivity contribution >= 4 is 0 Å². The fraction of sp³-hybridized carbons (Fsp3) is 1.00. The quantitative estimate of drug-likeness (QED) is 0.798. The molecule has 0 aromatic carbocycles. The normalized spacial score (nSPS) is 30.8. The number of ether oxygens (including phenoxy) is 2. The first-order chi connectivity index (χ1) is 7.74. The fourth-order valence-electron chi connectivity index (χ4n) is 2.99. The second kappa shape index (κ2) is 5.48. The van der Waals surface area contributed by atoms with Crippen molar-refractivity contribution in [2.75, 3.05) is 20.3 Å². The molecule has 1 aliphatic carbocycles. The molecule has 2 aliphatic rings. The van der Waals surface area contributed by atoms with Crippen LogP contribution in [0.25, 0.3) is 0 Å². The predicted octanol–water partition coefficient (Wildman–Crippen LogP) is 2.10. The molecule has 1 aliphatic heterocycles. The van der Waals surface area contributed by atoms with Gasteiger partial charge < -0.3 is 14.8 Å². The molecule has 0 amide bonds. The highest BCUT2D eigenvalue weighted by molar-refractivity contribution is 4.93. The number of nitrogens with one attached hydrogen (secondary N) is 1. The Morgan fingerprint density at radius 3 is 2.88 bits per heavy atom. The minimum atomic E-state index is 0.228. The Bertz CT molecular complexity index is 214. The van der Waals surface area contributed by atoms with Gasteiger partial charge in [0.25, 0.3) is 0 Å². The van der Waals surface area contributed by atoms with E-state index in [1.807, 2.05) is 0 Å². The van der Waals surface area contributed by atoms with E-state index in [9.17, 15) is 0 Å². The van der Waals surface area contributed by atoms with E-state index in [4.69, 9.17) is 9.47 Å². The molecule has 2 unspecified atom stereocenters. The topological polar surface area (TPSA) is 30.5 Å². The summed E-state index contributed by atoms with van der Waals surface area (Å²) in [5, 5.41) is 3.62. The highest BCUT2D eigenvalue weighted by Crippen LogP contribution is 2.39. The molecular formula is C13H25NO2. The molecule has 1 heterocycles. The maximum absolute atomic E-state index is 6.02.